The van der Waals surface area contributed by atoms with Gasteiger partial charge in [0.25, 0.3) is 5.56 Å². The lowest BCUT2D eigenvalue weighted by Crippen LogP contribution is -2.39. The van der Waals surface area contributed by atoms with Crippen molar-refractivity contribution in [3.63, 3.8) is 0 Å². The van der Waals surface area contributed by atoms with Crippen molar-refractivity contribution >= 4 is 23.4 Å². The molecule has 0 saturated heterocycles. The zero-order valence-electron chi connectivity index (χ0n) is 19.2. The van der Waals surface area contributed by atoms with Crippen LogP contribution in [0.2, 0.25) is 0 Å². The molecule has 1 aliphatic heterocycles. The van der Waals surface area contributed by atoms with Gasteiger partial charge < -0.3 is 19.3 Å². The van der Waals surface area contributed by atoms with Gasteiger partial charge in [-0.2, -0.15) is 0 Å². The van der Waals surface area contributed by atoms with Crippen LogP contribution in [0.15, 0.2) is 63.5 Å². The maximum atomic E-state index is 13.6. The Morgan fingerprint density at radius 1 is 1.18 bits per heavy atom. The maximum Gasteiger partial charge on any atom is 0.338 e. The van der Waals surface area contributed by atoms with E-state index in [0.29, 0.717) is 26.2 Å². The smallest absolute Gasteiger partial charge is 0.338 e. The molecule has 176 valence electrons. The van der Waals surface area contributed by atoms with Crippen LogP contribution in [0, 0.1) is 0 Å². The summed E-state index contributed by atoms with van der Waals surface area (Å²) in [6, 6.07) is 11.9. The lowest BCUT2D eigenvalue weighted by molar-refractivity contribution is -0.139. The highest BCUT2D eigenvalue weighted by molar-refractivity contribution is 7.07. The van der Waals surface area contributed by atoms with Crippen LogP contribution in [0.25, 0.3) is 6.08 Å². The number of fused-ring (bicyclic) bond motifs is 1. The van der Waals surface area contributed by atoms with Crippen molar-refractivity contribution in [1.29, 1.82) is 0 Å². The first-order valence-corrected chi connectivity index (χ1v) is 11.4. The van der Waals surface area contributed by atoms with Gasteiger partial charge in [0.15, 0.2) is 16.3 Å². The molecular formula is C25H24N2O6S. The van der Waals surface area contributed by atoms with Crippen molar-refractivity contribution in [2.45, 2.75) is 19.9 Å². The van der Waals surface area contributed by atoms with E-state index in [1.54, 1.807) is 32.1 Å². The number of carbonyl (C=O) groups excluding carboxylic acids is 1. The van der Waals surface area contributed by atoms with Gasteiger partial charge in [0.1, 0.15) is 0 Å². The van der Waals surface area contributed by atoms with Crippen molar-refractivity contribution in [3.05, 3.63) is 84.5 Å². The van der Waals surface area contributed by atoms with E-state index < -0.39 is 12.0 Å². The molecule has 34 heavy (non-hydrogen) atoms. The van der Waals surface area contributed by atoms with E-state index in [2.05, 4.69) is 4.99 Å². The number of benzene rings is 2. The second-order valence-corrected chi connectivity index (χ2v) is 8.50. The Bertz CT molecular complexity index is 1430. The quantitative estimate of drug-likeness (QED) is 0.545. The number of phenolic OH excluding ortho intramolecular Hbond substituents is 1. The summed E-state index contributed by atoms with van der Waals surface area (Å²) in [4.78, 5) is 31.5. The topological polar surface area (TPSA) is 99.4 Å². The van der Waals surface area contributed by atoms with E-state index >= 15 is 0 Å². The zero-order chi connectivity index (χ0) is 24.4. The van der Waals surface area contributed by atoms with Crippen LogP contribution < -0.4 is 24.4 Å². The number of thiazole rings is 1. The minimum atomic E-state index is -0.664. The Hall–Kier alpha value is -3.85. The molecule has 3 aromatic rings. The Morgan fingerprint density at radius 3 is 2.41 bits per heavy atom. The first-order valence-electron chi connectivity index (χ1n) is 10.6. The van der Waals surface area contributed by atoms with Crippen LogP contribution in [0.4, 0.5) is 0 Å². The van der Waals surface area contributed by atoms with Gasteiger partial charge in [-0.15, -0.1) is 0 Å². The van der Waals surface area contributed by atoms with E-state index in [1.165, 1.54) is 30.1 Å². The first kappa shape index (κ1) is 23.3. The molecular weight excluding hydrogens is 456 g/mol. The van der Waals surface area contributed by atoms with Gasteiger partial charge in [0.05, 0.1) is 42.7 Å². The highest BCUT2D eigenvalue weighted by Crippen LogP contribution is 2.37. The van der Waals surface area contributed by atoms with Crippen molar-refractivity contribution in [2.24, 2.45) is 4.99 Å². The van der Waals surface area contributed by atoms with Crippen LogP contribution in [0.3, 0.4) is 0 Å². The van der Waals surface area contributed by atoms with Gasteiger partial charge in [-0.3, -0.25) is 9.36 Å². The Balaban J connectivity index is 1.95. The molecule has 4 rings (SSSR count). The summed E-state index contributed by atoms with van der Waals surface area (Å²) < 4.78 is 17.7. The number of aromatic hydroxyl groups is 1. The molecule has 1 atom stereocenters. The molecule has 0 saturated carbocycles. The second-order valence-electron chi connectivity index (χ2n) is 7.49. The van der Waals surface area contributed by atoms with E-state index in [1.807, 2.05) is 30.3 Å². The summed E-state index contributed by atoms with van der Waals surface area (Å²) >= 11 is 1.21. The summed E-state index contributed by atoms with van der Waals surface area (Å²) in [5.41, 5.74) is 1.93. The van der Waals surface area contributed by atoms with Crippen molar-refractivity contribution < 1.29 is 24.1 Å². The highest BCUT2D eigenvalue weighted by atomic mass is 32.1. The number of hydrogen-bond donors (Lipinski definition) is 1. The van der Waals surface area contributed by atoms with Gasteiger partial charge in [0, 0.05) is 0 Å². The minimum Gasteiger partial charge on any atom is -0.502 e. The highest BCUT2D eigenvalue weighted by Gasteiger charge is 2.33. The summed E-state index contributed by atoms with van der Waals surface area (Å²) in [6.45, 7) is 3.70. The number of nitrogens with zero attached hydrogens (tertiary/aromatic N) is 2. The summed E-state index contributed by atoms with van der Waals surface area (Å²) in [5, 5.41) is 10.2. The number of ether oxygens (including phenoxy) is 3. The molecule has 0 aliphatic carbocycles. The first-order chi connectivity index (χ1) is 16.4. The standard InChI is InChI=1S/C25H24N2O6S/c1-5-33-24(30)20-14(2)26-25-27(21(20)16-9-7-6-8-10-16)23(29)19(34-25)13-15-11-17(31-3)22(28)18(12-15)32-4/h6-13,21,28H,5H2,1-4H3/b19-13+/t21-/m1/s1. The van der Waals surface area contributed by atoms with E-state index in [9.17, 15) is 14.7 Å². The number of allylic oxidation sites excluding steroid dienone is 1. The third-order valence-corrected chi connectivity index (χ3v) is 6.42. The largest absolute Gasteiger partial charge is 0.502 e. The molecule has 9 heteroatoms. The predicted molar refractivity (Wildman–Crippen MR) is 128 cm³/mol. The molecule has 1 aliphatic rings. The Kier molecular flexibility index (Phi) is 6.56. The van der Waals surface area contributed by atoms with Gasteiger partial charge in [-0.25, -0.2) is 9.79 Å². The van der Waals surface area contributed by atoms with Gasteiger partial charge in [0.2, 0.25) is 5.75 Å². The molecule has 0 amide bonds. The summed E-state index contributed by atoms with van der Waals surface area (Å²) in [6.07, 6.45) is 1.68. The SMILES string of the molecule is CCOC(=O)C1=C(C)N=c2s/c(=C/c3cc(OC)c(O)c(OC)c3)c(=O)n2[C@@H]1c1ccccc1. The molecule has 0 spiro atoms. The summed E-state index contributed by atoms with van der Waals surface area (Å²) in [7, 11) is 2.87. The van der Waals surface area contributed by atoms with Crippen molar-refractivity contribution in [3.8, 4) is 17.2 Å². The van der Waals surface area contributed by atoms with Gasteiger partial charge in [-0.1, -0.05) is 41.7 Å². The van der Waals surface area contributed by atoms with Crippen molar-refractivity contribution in [2.75, 3.05) is 20.8 Å². The fraction of sp³-hybridized carbons (Fsp3) is 0.240. The van der Waals surface area contributed by atoms with Gasteiger partial charge in [-0.05, 0) is 43.2 Å². The molecule has 1 aromatic heterocycles. The number of carbonyl (C=O) groups is 1. The number of aromatic nitrogens is 1. The predicted octanol–water partition coefficient (Wildman–Crippen LogP) is 2.52. The number of hydrogen-bond acceptors (Lipinski definition) is 8. The van der Waals surface area contributed by atoms with E-state index in [-0.39, 0.29) is 29.4 Å². The second kappa shape index (κ2) is 9.56. The number of phenols is 1. The van der Waals surface area contributed by atoms with Crippen LogP contribution in [0.1, 0.15) is 31.0 Å². The van der Waals surface area contributed by atoms with Gasteiger partial charge >= 0.3 is 5.97 Å². The van der Waals surface area contributed by atoms with Crippen LogP contribution in [0.5, 0.6) is 17.2 Å². The fourth-order valence-corrected chi connectivity index (χ4v) is 4.94. The average molecular weight is 481 g/mol. The number of methoxy groups -OCH3 is 2. The Labute approximate surface area is 199 Å². The number of rotatable bonds is 6. The van der Waals surface area contributed by atoms with Crippen molar-refractivity contribution in [1.82, 2.24) is 4.57 Å². The summed E-state index contributed by atoms with van der Waals surface area (Å²) in [5.74, 6) is -0.177. The molecule has 2 heterocycles. The average Bonchev–Trinajstić information content (AvgIpc) is 3.14. The van der Waals surface area contributed by atoms with E-state index in [0.717, 1.165) is 5.56 Å². The zero-order valence-corrected chi connectivity index (χ0v) is 20.0. The number of esters is 1. The molecule has 0 radical (unpaired) electrons. The fourth-order valence-electron chi connectivity index (χ4n) is 3.89. The molecule has 0 unspecified atom stereocenters. The maximum absolute atomic E-state index is 13.6. The molecule has 2 aromatic carbocycles. The Morgan fingerprint density at radius 2 is 1.82 bits per heavy atom. The molecule has 0 fully saturated rings. The van der Waals surface area contributed by atoms with Crippen LogP contribution >= 0.6 is 11.3 Å². The lowest BCUT2D eigenvalue weighted by Gasteiger charge is -2.24. The third-order valence-electron chi connectivity index (χ3n) is 5.43. The van der Waals surface area contributed by atoms with Crippen LogP contribution in [-0.4, -0.2) is 36.5 Å². The lowest BCUT2D eigenvalue weighted by atomic mass is 9.96. The van der Waals surface area contributed by atoms with Crippen LogP contribution in [-0.2, 0) is 9.53 Å². The molecule has 1 N–H and O–H groups in total. The normalized spacial score (nSPS) is 15.5. The molecule has 8 nitrogen and oxygen atoms in total. The minimum absolute atomic E-state index is 0.123. The monoisotopic (exact) mass is 480 g/mol. The third kappa shape index (κ3) is 4.10. The van der Waals surface area contributed by atoms with E-state index in [4.69, 9.17) is 14.2 Å². The molecule has 0 bridgehead atoms.